The van der Waals surface area contributed by atoms with Gasteiger partial charge >= 0.3 is 0 Å². The van der Waals surface area contributed by atoms with Gasteiger partial charge in [0.2, 0.25) is 0 Å². The van der Waals surface area contributed by atoms with Crippen molar-refractivity contribution in [3.8, 4) is 0 Å². The number of hydrogen-bond donors (Lipinski definition) is 1. The van der Waals surface area contributed by atoms with Crippen molar-refractivity contribution in [2.24, 2.45) is 17.6 Å². The topological polar surface area (TPSA) is 77.0 Å². The van der Waals surface area contributed by atoms with E-state index in [-0.39, 0.29) is 17.7 Å². The molecule has 134 valence electrons. The van der Waals surface area contributed by atoms with E-state index >= 15 is 0 Å². The monoisotopic (exact) mass is 341 g/mol. The third-order valence-corrected chi connectivity index (χ3v) is 4.95. The molecular weight excluding hydrogens is 314 g/mol. The molecule has 1 saturated heterocycles. The van der Waals surface area contributed by atoms with Crippen LogP contribution < -0.4 is 5.73 Å². The Morgan fingerprint density at radius 2 is 2.04 bits per heavy atom. The molecule has 1 aliphatic rings. The predicted octanol–water partition coefficient (Wildman–Crippen LogP) is 2.14. The predicted molar refractivity (Wildman–Crippen MR) is 97.1 cm³/mol. The van der Waals surface area contributed by atoms with E-state index in [1.807, 2.05) is 23.1 Å². The molecule has 2 aromatic rings. The second-order valence-electron chi connectivity index (χ2n) is 7.27. The first kappa shape index (κ1) is 17.6. The number of likely N-dealkylation sites (tertiary alicyclic amines) is 1. The second-order valence-corrected chi connectivity index (χ2v) is 7.27. The number of carbonyl (C=O) groups is 1. The zero-order valence-corrected chi connectivity index (χ0v) is 15.0. The van der Waals surface area contributed by atoms with Crippen LogP contribution in [0.15, 0.2) is 36.5 Å². The summed E-state index contributed by atoms with van der Waals surface area (Å²) in [6.07, 6.45) is 2.78. The molecule has 1 aliphatic heterocycles. The van der Waals surface area contributed by atoms with E-state index < -0.39 is 0 Å². The highest BCUT2D eigenvalue weighted by Gasteiger charge is 2.36. The summed E-state index contributed by atoms with van der Waals surface area (Å²) >= 11 is 0. The molecule has 1 amide bonds. The first-order valence-electron chi connectivity index (χ1n) is 9.03. The maximum atomic E-state index is 12.8. The van der Waals surface area contributed by atoms with E-state index in [0.717, 1.165) is 13.0 Å². The number of aryl methyl sites for hydroxylation is 1. The van der Waals surface area contributed by atoms with Gasteiger partial charge in [-0.1, -0.05) is 49.4 Å². The lowest BCUT2D eigenvalue weighted by molar-refractivity contribution is 0.0780. The van der Waals surface area contributed by atoms with E-state index in [4.69, 9.17) is 5.73 Å². The van der Waals surface area contributed by atoms with E-state index in [9.17, 15) is 4.79 Å². The van der Waals surface area contributed by atoms with Gasteiger partial charge in [0.05, 0.1) is 6.20 Å². The SMILES string of the molecule is CC(C)CCn1cc(C(=O)N2C[C@@H](CN)[C@H](c3ccccc3)C2)nn1. The first-order valence-corrected chi connectivity index (χ1v) is 9.03. The number of amides is 1. The Bertz CT molecular complexity index is 697. The van der Waals surface area contributed by atoms with Gasteiger partial charge in [-0.2, -0.15) is 0 Å². The highest BCUT2D eigenvalue weighted by molar-refractivity contribution is 5.92. The highest BCUT2D eigenvalue weighted by Crippen LogP contribution is 2.32. The lowest BCUT2D eigenvalue weighted by Crippen LogP contribution is -2.30. The summed E-state index contributed by atoms with van der Waals surface area (Å²) in [6, 6.07) is 10.3. The van der Waals surface area contributed by atoms with E-state index in [1.165, 1.54) is 5.56 Å². The van der Waals surface area contributed by atoms with Gasteiger partial charge in [-0.15, -0.1) is 5.10 Å². The summed E-state index contributed by atoms with van der Waals surface area (Å²) < 4.78 is 1.76. The largest absolute Gasteiger partial charge is 0.336 e. The Hall–Kier alpha value is -2.21. The molecule has 1 fully saturated rings. The van der Waals surface area contributed by atoms with Crippen LogP contribution in [0.3, 0.4) is 0 Å². The Kier molecular flexibility index (Phi) is 5.48. The molecule has 2 atom stereocenters. The normalized spacial score (nSPS) is 20.4. The van der Waals surface area contributed by atoms with Gasteiger partial charge < -0.3 is 10.6 Å². The number of carbonyl (C=O) groups excluding carboxylic acids is 1. The van der Waals surface area contributed by atoms with Crippen molar-refractivity contribution in [2.75, 3.05) is 19.6 Å². The average Bonchev–Trinajstić information content (AvgIpc) is 3.27. The zero-order valence-electron chi connectivity index (χ0n) is 15.0. The molecular formula is C19H27N5O. The van der Waals surface area contributed by atoms with Gasteiger partial charge in [0.25, 0.3) is 5.91 Å². The Morgan fingerprint density at radius 1 is 1.28 bits per heavy atom. The third-order valence-electron chi connectivity index (χ3n) is 4.95. The molecule has 0 spiro atoms. The molecule has 3 rings (SSSR count). The summed E-state index contributed by atoms with van der Waals surface area (Å²) in [5, 5.41) is 8.17. The molecule has 0 aliphatic carbocycles. The first-order chi connectivity index (χ1) is 12.1. The van der Waals surface area contributed by atoms with Crippen LogP contribution in [0.5, 0.6) is 0 Å². The van der Waals surface area contributed by atoms with Crippen LogP contribution in [0.2, 0.25) is 0 Å². The van der Waals surface area contributed by atoms with Crippen molar-refractivity contribution < 1.29 is 4.79 Å². The number of aromatic nitrogens is 3. The summed E-state index contributed by atoms with van der Waals surface area (Å²) in [7, 11) is 0. The molecule has 1 aromatic heterocycles. The smallest absolute Gasteiger partial charge is 0.276 e. The van der Waals surface area contributed by atoms with Crippen molar-refractivity contribution in [2.45, 2.75) is 32.7 Å². The molecule has 0 bridgehead atoms. The number of rotatable bonds is 6. The number of hydrogen-bond acceptors (Lipinski definition) is 4. The van der Waals surface area contributed by atoms with Crippen LogP contribution >= 0.6 is 0 Å². The molecule has 2 heterocycles. The van der Waals surface area contributed by atoms with Crippen molar-refractivity contribution in [1.82, 2.24) is 19.9 Å². The average molecular weight is 341 g/mol. The molecule has 0 unspecified atom stereocenters. The van der Waals surface area contributed by atoms with E-state index in [1.54, 1.807) is 10.9 Å². The summed E-state index contributed by atoms with van der Waals surface area (Å²) in [5.74, 6) is 1.11. The minimum Gasteiger partial charge on any atom is -0.336 e. The standard InChI is InChI=1S/C19H27N5O/c1-14(2)8-9-24-13-18(21-22-24)19(25)23-11-16(10-20)17(12-23)15-6-4-3-5-7-15/h3-7,13-14,16-17H,8-12,20H2,1-2H3/t16-,17+/m1/s1. The maximum Gasteiger partial charge on any atom is 0.276 e. The van der Waals surface area contributed by atoms with Crippen LogP contribution in [0.4, 0.5) is 0 Å². The number of nitrogens with two attached hydrogens (primary N) is 1. The molecule has 25 heavy (non-hydrogen) atoms. The quantitative estimate of drug-likeness (QED) is 0.873. The van der Waals surface area contributed by atoms with Crippen LogP contribution in [-0.4, -0.2) is 45.4 Å². The molecule has 1 aromatic carbocycles. The zero-order chi connectivity index (χ0) is 17.8. The van der Waals surface area contributed by atoms with Crippen molar-refractivity contribution in [3.63, 3.8) is 0 Å². The number of benzene rings is 1. The van der Waals surface area contributed by atoms with Crippen molar-refractivity contribution >= 4 is 5.91 Å². The lowest BCUT2D eigenvalue weighted by atomic mass is 9.89. The Balaban J connectivity index is 1.69. The molecule has 6 heteroatoms. The maximum absolute atomic E-state index is 12.8. The van der Waals surface area contributed by atoms with Gasteiger partial charge in [0, 0.05) is 25.6 Å². The fourth-order valence-electron chi connectivity index (χ4n) is 3.41. The van der Waals surface area contributed by atoms with Crippen molar-refractivity contribution in [1.29, 1.82) is 0 Å². The van der Waals surface area contributed by atoms with Crippen LogP contribution in [0.25, 0.3) is 0 Å². The van der Waals surface area contributed by atoms with Gasteiger partial charge in [-0.25, -0.2) is 0 Å². The summed E-state index contributed by atoms with van der Waals surface area (Å²) in [6.45, 7) is 7.06. The van der Waals surface area contributed by atoms with Crippen LogP contribution in [0, 0.1) is 11.8 Å². The van der Waals surface area contributed by atoms with Gasteiger partial charge in [-0.3, -0.25) is 9.48 Å². The minimum absolute atomic E-state index is 0.0484. The van der Waals surface area contributed by atoms with Gasteiger partial charge in [0.1, 0.15) is 0 Å². The van der Waals surface area contributed by atoms with Crippen molar-refractivity contribution in [3.05, 3.63) is 47.8 Å². The summed E-state index contributed by atoms with van der Waals surface area (Å²) in [4.78, 5) is 14.7. The summed E-state index contributed by atoms with van der Waals surface area (Å²) in [5.41, 5.74) is 7.63. The lowest BCUT2D eigenvalue weighted by Gasteiger charge is -2.16. The molecule has 0 radical (unpaired) electrons. The Labute approximate surface area is 149 Å². The molecule has 6 nitrogen and oxygen atoms in total. The van der Waals surface area contributed by atoms with E-state index in [0.29, 0.717) is 31.2 Å². The fraction of sp³-hybridized carbons (Fsp3) is 0.526. The van der Waals surface area contributed by atoms with E-state index in [2.05, 4.69) is 36.3 Å². The van der Waals surface area contributed by atoms with Crippen LogP contribution in [-0.2, 0) is 6.54 Å². The number of nitrogens with zero attached hydrogens (tertiary/aromatic N) is 4. The highest BCUT2D eigenvalue weighted by atomic mass is 16.2. The van der Waals surface area contributed by atoms with Gasteiger partial charge in [0.15, 0.2) is 5.69 Å². The fourth-order valence-corrected chi connectivity index (χ4v) is 3.41. The van der Waals surface area contributed by atoms with Crippen LogP contribution in [0.1, 0.15) is 42.2 Å². The van der Waals surface area contributed by atoms with Gasteiger partial charge in [-0.05, 0) is 30.4 Å². The minimum atomic E-state index is -0.0484. The second kappa shape index (κ2) is 7.78. The Morgan fingerprint density at radius 3 is 2.72 bits per heavy atom. The molecule has 0 saturated carbocycles. The molecule has 2 N–H and O–H groups in total. The third kappa shape index (κ3) is 4.07.